The second-order valence-electron chi connectivity index (χ2n) is 4.94. The normalized spacial score (nSPS) is 19.0. The molecule has 0 saturated carbocycles. The van der Waals surface area contributed by atoms with E-state index in [0.29, 0.717) is 17.5 Å². The zero-order valence-corrected chi connectivity index (χ0v) is 12.0. The van der Waals surface area contributed by atoms with E-state index in [4.69, 9.17) is 16.3 Å². The molecule has 1 N–H and O–H groups in total. The van der Waals surface area contributed by atoms with Crippen LogP contribution in [0.15, 0.2) is 30.6 Å². The molecular weight excluding hydrogens is 274 g/mol. The minimum Gasteiger partial charge on any atom is -0.378 e. The molecule has 20 heavy (non-hydrogen) atoms. The molecule has 1 aromatic carbocycles. The van der Waals surface area contributed by atoms with Gasteiger partial charge in [-0.15, -0.1) is 0 Å². The molecular formula is C15H16ClN3O. The van der Waals surface area contributed by atoms with Crippen LogP contribution in [0.2, 0.25) is 5.02 Å². The van der Waals surface area contributed by atoms with E-state index < -0.39 is 0 Å². The van der Waals surface area contributed by atoms with Crippen LogP contribution in [-0.2, 0) is 4.74 Å². The van der Waals surface area contributed by atoms with Gasteiger partial charge in [0.15, 0.2) is 5.82 Å². The van der Waals surface area contributed by atoms with Crippen LogP contribution in [0, 0.1) is 6.92 Å². The average molecular weight is 290 g/mol. The topological polar surface area (TPSA) is 47.0 Å². The minimum atomic E-state index is 0.173. The summed E-state index contributed by atoms with van der Waals surface area (Å²) < 4.78 is 5.50. The van der Waals surface area contributed by atoms with Gasteiger partial charge in [-0.25, -0.2) is 9.97 Å². The SMILES string of the molecule is Cc1cnc(-c2cc(Cl)cc(C3COCCN3)c2)nc1. The van der Waals surface area contributed by atoms with Crippen LogP contribution in [0.1, 0.15) is 17.2 Å². The van der Waals surface area contributed by atoms with Crippen molar-refractivity contribution in [2.75, 3.05) is 19.8 Å². The lowest BCUT2D eigenvalue weighted by Crippen LogP contribution is -2.34. The van der Waals surface area contributed by atoms with Crippen LogP contribution in [0.5, 0.6) is 0 Å². The van der Waals surface area contributed by atoms with Gasteiger partial charge >= 0.3 is 0 Å². The number of aromatic nitrogens is 2. The van der Waals surface area contributed by atoms with E-state index in [-0.39, 0.29) is 6.04 Å². The highest BCUT2D eigenvalue weighted by atomic mass is 35.5. The molecule has 1 aliphatic rings. The van der Waals surface area contributed by atoms with Gasteiger partial charge in [-0.3, -0.25) is 0 Å². The number of nitrogens with one attached hydrogen (secondary N) is 1. The first kappa shape index (κ1) is 13.5. The van der Waals surface area contributed by atoms with Gasteiger partial charge in [0.2, 0.25) is 0 Å². The lowest BCUT2D eigenvalue weighted by atomic mass is 10.0. The predicted molar refractivity (Wildman–Crippen MR) is 78.8 cm³/mol. The Bertz CT molecular complexity index is 595. The van der Waals surface area contributed by atoms with Crippen molar-refractivity contribution >= 4 is 11.6 Å². The maximum atomic E-state index is 6.23. The van der Waals surface area contributed by atoms with Crippen LogP contribution in [0.25, 0.3) is 11.4 Å². The van der Waals surface area contributed by atoms with Crippen molar-refractivity contribution in [2.24, 2.45) is 0 Å². The Hall–Kier alpha value is -1.49. The first-order valence-corrected chi connectivity index (χ1v) is 7.01. The minimum absolute atomic E-state index is 0.173. The van der Waals surface area contributed by atoms with Gasteiger partial charge in [-0.1, -0.05) is 11.6 Å². The summed E-state index contributed by atoms with van der Waals surface area (Å²) in [5.74, 6) is 0.691. The number of hydrogen-bond donors (Lipinski definition) is 1. The van der Waals surface area contributed by atoms with E-state index in [9.17, 15) is 0 Å². The molecule has 1 fully saturated rings. The number of nitrogens with zero attached hydrogens (tertiary/aromatic N) is 2. The van der Waals surface area contributed by atoms with Crippen LogP contribution in [-0.4, -0.2) is 29.7 Å². The molecule has 2 aromatic rings. The van der Waals surface area contributed by atoms with Gasteiger partial charge in [-0.2, -0.15) is 0 Å². The van der Waals surface area contributed by atoms with E-state index >= 15 is 0 Å². The zero-order chi connectivity index (χ0) is 13.9. The Labute approximate surface area is 123 Å². The fourth-order valence-electron chi connectivity index (χ4n) is 2.26. The second-order valence-corrected chi connectivity index (χ2v) is 5.38. The third-order valence-corrected chi connectivity index (χ3v) is 3.50. The zero-order valence-electron chi connectivity index (χ0n) is 11.3. The maximum Gasteiger partial charge on any atom is 0.159 e. The van der Waals surface area contributed by atoms with E-state index in [1.54, 1.807) is 0 Å². The van der Waals surface area contributed by atoms with Gasteiger partial charge < -0.3 is 10.1 Å². The number of morpholine rings is 1. The number of halogens is 1. The van der Waals surface area contributed by atoms with Crippen LogP contribution in [0.3, 0.4) is 0 Å². The number of benzene rings is 1. The summed E-state index contributed by atoms with van der Waals surface area (Å²) >= 11 is 6.23. The molecule has 3 rings (SSSR count). The lowest BCUT2D eigenvalue weighted by Gasteiger charge is -2.24. The molecule has 5 heteroatoms. The van der Waals surface area contributed by atoms with Crippen molar-refractivity contribution in [1.82, 2.24) is 15.3 Å². The molecule has 0 radical (unpaired) electrons. The summed E-state index contributed by atoms with van der Waals surface area (Å²) in [6.07, 6.45) is 3.62. The van der Waals surface area contributed by atoms with E-state index in [1.165, 1.54) is 0 Å². The van der Waals surface area contributed by atoms with Crippen LogP contribution >= 0.6 is 11.6 Å². The number of ether oxygens (including phenoxy) is 1. The van der Waals surface area contributed by atoms with Gasteiger partial charge in [-0.05, 0) is 36.2 Å². The van der Waals surface area contributed by atoms with Crippen molar-refractivity contribution in [1.29, 1.82) is 0 Å². The van der Waals surface area contributed by atoms with Gasteiger partial charge in [0.1, 0.15) is 0 Å². The molecule has 1 saturated heterocycles. The highest BCUT2D eigenvalue weighted by Gasteiger charge is 2.17. The highest BCUT2D eigenvalue weighted by molar-refractivity contribution is 6.30. The summed E-state index contributed by atoms with van der Waals surface area (Å²) in [4.78, 5) is 8.71. The lowest BCUT2D eigenvalue weighted by molar-refractivity contribution is 0.0769. The smallest absolute Gasteiger partial charge is 0.159 e. The number of aryl methyl sites for hydroxylation is 1. The molecule has 2 heterocycles. The molecule has 104 valence electrons. The van der Waals surface area contributed by atoms with Crippen molar-refractivity contribution in [3.8, 4) is 11.4 Å². The van der Waals surface area contributed by atoms with Gasteiger partial charge in [0, 0.05) is 29.5 Å². The molecule has 0 aliphatic carbocycles. The summed E-state index contributed by atoms with van der Waals surface area (Å²) in [7, 11) is 0. The predicted octanol–water partition coefficient (Wildman–Crippen LogP) is 2.77. The molecule has 0 amide bonds. The molecule has 4 nitrogen and oxygen atoms in total. The summed E-state index contributed by atoms with van der Waals surface area (Å²) in [6, 6.07) is 6.10. The van der Waals surface area contributed by atoms with E-state index in [0.717, 1.165) is 29.8 Å². The largest absolute Gasteiger partial charge is 0.378 e. The van der Waals surface area contributed by atoms with Crippen molar-refractivity contribution in [3.63, 3.8) is 0 Å². The maximum absolute atomic E-state index is 6.23. The fraction of sp³-hybridized carbons (Fsp3) is 0.333. The third kappa shape index (κ3) is 2.98. The molecule has 1 atom stereocenters. The van der Waals surface area contributed by atoms with Crippen molar-refractivity contribution < 1.29 is 4.74 Å². The Morgan fingerprint density at radius 3 is 2.75 bits per heavy atom. The quantitative estimate of drug-likeness (QED) is 0.923. The Morgan fingerprint density at radius 1 is 1.25 bits per heavy atom. The summed E-state index contributed by atoms with van der Waals surface area (Å²) in [6.45, 7) is 4.24. The standard InChI is InChI=1S/C15H16ClN3O/c1-10-7-18-15(19-8-10)12-4-11(5-13(16)6-12)14-9-20-3-2-17-14/h4-8,14,17H,2-3,9H2,1H3. The van der Waals surface area contributed by atoms with Gasteiger partial charge in [0.25, 0.3) is 0 Å². The monoisotopic (exact) mass is 289 g/mol. The van der Waals surface area contributed by atoms with Crippen LogP contribution < -0.4 is 5.32 Å². The molecule has 1 aromatic heterocycles. The summed E-state index contributed by atoms with van der Waals surface area (Å²) in [5, 5.41) is 4.11. The molecule has 1 unspecified atom stereocenters. The van der Waals surface area contributed by atoms with Crippen molar-refractivity contribution in [3.05, 3.63) is 46.7 Å². The van der Waals surface area contributed by atoms with E-state index in [1.807, 2.05) is 31.5 Å². The molecule has 0 spiro atoms. The number of rotatable bonds is 2. The molecule has 0 bridgehead atoms. The van der Waals surface area contributed by atoms with Gasteiger partial charge in [0.05, 0.1) is 19.3 Å². The Balaban J connectivity index is 1.95. The third-order valence-electron chi connectivity index (χ3n) is 3.28. The fourth-order valence-corrected chi connectivity index (χ4v) is 2.51. The second kappa shape index (κ2) is 5.87. The number of hydrogen-bond acceptors (Lipinski definition) is 4. The highest BCUT2D eigenvalue weighted by Crippen LogP contribution is 2.26. The molecule has 1 aliphatic heterocycles. The Morgan fingerprint density at radius 2 is 2.05 bits per heavy atom. The first-order chi connectivity index (χ1) is 9.72. The average Bonchev–Trinajstić information content (AvgIpc) is 2.48. The summed E-state index contributed by atoms with van der Waals surface area (Å²) in [5.41, 5.74) is 3.08. The van der Waals surface area contributed by atoms with Crippen molar-refractivity contribution in [2.45, 2.75) is 13.0 Å². The Kier molecular flexibility index (Phi) is 3.96. The van der Waals surface area contributed by atoms with E-state index in [2.05, 4.69) is 21.4 Å². The first-order valence-electron chi connectivity index (χ1n) is 6.63. The van der Waals surface area contributed by atoms with Crippen LogP contribution in [0.4, 0.5) is 0 Å².